The van der Waals surface area contributed by atoms with E-state index < -0.39 is 10.8 Å². The topological polar surface area (TPSA) is 17.1 Å². The lowest BCUT2D eigenvalue weighted by Crippen LogP contribution is -1.99. The van der Waals surface area contributed by atoms with Gasteiger partial charge < -0.3 is 0 Å². The molecule has 0 unspecified atom stereocenters. The molecule has 2 heteroatoms. The molecule has 0 saturated heterocycles. The maximum atomic E-state index is 12.8. The molecular formula is C18H22OS. The van der Waals surface area contributed by atoms with Crippen LogP contribution in [0.4, 0.5) is 0 Å². The molecule has 0 heterocycles. The molecule has 0 aliphatic rings. The molecule has 0 spiro atoms. The van der Waals surface area contributed by atoms with Crippen molar-refractivity contribution in [1.29, 1.82) is 0 Å². The van der Waals surface area contributed by atoms with E-state index in [0.29, 0.717) is 0 Å². The highest BCUT2D eigenvalue weighted by Gasteiger charge is 2.12. The predicted molar refractivity (Wildman–Crippen MR) is 86.0 cm³/mol. The summed E-state index contributed by atoms with van der Waals surface area (Å²) in [4.78, 5) is 1.79. The number of rotatable bonds is 2. The molecule has 20 heavy (non-hydrogen) atoms. The zero-order valence-corrected chi connectivity index (χ0v) is 13.9. The molecule has 0 atom stereocenters. The van der Waals surface area contributed by atoms with Gasteiger partial charge in [-0.05, 0) is 99.2 Å². The third-order valence-electron chi connectivity index (χ3n) is 4.23. The van der Waals surface area contributed by atoms with E-state index in [9.17, 15) is 4.21 Å². The minimum absolute atomic E-state index is 0.897. The summed E-state index contributed by atoms with van der Waals surface area (Å²) in [5, 5.41) is 0. The average molecular weight is 286 g/mol. The van der Waals surface area contributed by atoms with E-state index in [-0.39, 0.29) is 0 Å². The highest BCUT2D eigenvalue weighted by atomic mass is 32.2. The summed E-state index contributed by atoms with van der Waals surface area (Å²) < 4.78 is 12.8. The van der Waals surface area contributed by atoms with Gasteiger partial charge in [-0.25, -0.2) is 4.21 Å². The Morgan fingerprint density at radius 3 is 1.10 bits per heavy atom. The van der Waals surface area contributed by atoms with Crippen LogP contribution >= 0.6 is 0 Å². The van der Waals surface area contributed by atoms with E-state index in [1.165, 1.54) is 33.4 Å². The standard InChI is InChI=1S/C18H22OS/c1-11-7-17(8-12(2)15(11)5)20(19)18-9-13(3)16(6)14(4)10-18/h7-10H,1-6H3. The SMILES string of the molecule is Cc1cc(S(=O)c2cc(C)c(C)c(C)c2)cc(C)c1C. The number of benzene rings is 2. The summed E-state index contributed by atoms with van der Waals surface area (Å²) >= 11 is 0. The lowest BCUT2D eigenvalue weighted by molar-refractivity contribution is 0.682. The molecule has 0 amide bonds. The summed E-state index contributed by atoms with van der Waals surface area (Å²) in [6.07, 6.45) is 0. The molecular weight excluding hydrogens is 264 g/mol. The zero-order chi connectivity index (χ0) is 15.0. The molecule has 106 valence electrons. The van der Waals surface area contributed by atoms with E-state index >= 15 is 0 Å². The van der Waals surface area contributed by atoms with Gasteiger partial charge >= 0.3 is 0 Å². The highest BCUT2D eigenvalue weighted by Crippen LogP contribution is 2.25. The van der Waals surface area contributed by atoms with Crippen LogP contribution < -0.4 is 0 Å². The first-order valence-electron chi connectivity index (χ1n) is 6.88. The molecule has 0 radical (unpaired) electrons. The van der Waals surface area contributed by atoms with E-state index in [0.717, 1.165) is 9.79 Å². The molecule has 0 bridgehead atoms. The van der Waals surface area contributed by atoms with Crippen LogP contribution in [0, 0.1) is 41.5 Å². The number of hydrogen-bond donors (Lipinski definition) is 0. The second kappa shape index (κ2) is 5.53. The Balaban J connectivity index is 2.52. The van der Waals surface area contributed by atoms with Crippen molar-refractivity contribution in [3.63, 3.8) is 0 Å². The Labute approximate surface area is 124 Å². The van der Waals surface area contributed by atoms with Gasteiger partial charge in [0.1, 0.15) is 0 Å². The quantitative estimate of drug-likeness (QED) is 0.782. The van der Waals surface area contributed by atoms with Crippen molar-refractivity contribution in [1.82, 2.24) is 0 Å². The summed E-state index contributed by atoms with van der Waals surface area (Å²) in [5.41, 5.74) is 7.37. The third kappa shape index (κ3) is 2.71. The minimum Gasteiger partial charge on any atom is -0.249 e. The molecule has 0 aliphatic heterocycles. The second-order valence-electron chi connectivity index (χ2n) is 5.63. The number of hydrogen-bond acceptors (Lipinski definition) is 1. The van der Waals surface area contributed by atoms with Gasteiger partial charge in [0.15, 0.2) is 0 Å². The Bertz CT molecular complexity index is 593. The summed E-state index contributed by atoms with van der Waals surface area (Å²) in [6, 6.07) is 8.18. The van der Waals surface area contributed by atoms with E-state index in [1.54, 1.807) is 0 Å². The molecule has 0 N–H and O–H groups in total. The van der Waals surface area contributed by atoms with Gasteiger partial charge in [0, 0.05) is 9.79 Å². The smallest absolute Gasteiger partial charge is 0.0849 e. The molecule has 2 aromatic carbocycles. The third-order valence-corrected chi connectivity index (χ3v) is 5.56. The van der Waals surface area contributed by atoms with Crippen LogP contribution in [-0.2, 0) is 10.8 Å². The first-order valence-corrected chi connectivity index (χ1v) is 8.03. The Morgan fingerprint density at radius 1 is 0.600 bits per heavy atom. The van der Waals surface area contributed by atoms with Crippen molar-refractivity contribution in [3.8, 4) is 0 Å². The summed E-state index contributed by atoms with van der Waals surface area (Å²) in [7, 11) is -1.10. The average Bonchev–Trinajstić information content (AvgIpc) is 2.40. The van der Waals surface area contributed by atoms with Crippen molar-refractivity contribution in [2.24, 2.45) is 0 Å². The van der Waals surface area contributed by atoms with Crippen LogP contribution in [0.5, 0.6) is 0 Å². The molecule has 0 fully saturated rings. The molecule has 2 rings (SSSR count). The van der Waals surface area contributed by atoms with E-state index in [4.69, 9.17) is 0 Å². The molecule has 0 aliphatic carbocycles. The van der Waals surface area contributed by atoms with Crippen molar-refractivity contribution in [2.45, 2.75) is 51.3 Å². The Kier molecular flexibility index (Phi) is 4.14. The van der Waals surface area contributed by atoms with Crippen LogP contribution in [0.3, 0.4) is 0 Å². The van der Waals surface area contributed by atoms with E-state index in [2.05, 4.69) is 41.5 Å². The van der Waals surface area contributed by atoms with Gasteiger partial charge in [-0.2, -0.15) is 0 Å². The van der Waals surface area contributed by atoms with Gasteiger partial charge in [-0.1, -0.05) is 0 Å². The molecule has 0 saturated carbocycles. The van der Waals surface area contributed by atoms with Gasteiger partial charge in [-0.3, -0.25) is 0 Å². The fourth-order valence-corrected chi connectivity index (χ4v) is 3.75. The van der Waals surface area contributed by atoms with Crippen LogP contribution in [0.1, 0.15) is 33.4 Å². The largest absolute Gasteiger partial charge is 0.249 e. The van der Waals surface area contributed by atoms with Crippen molar-refractivity contribution >= 4 is 10.8 Å². The van der Waals surface area contributed by atoms with Crippen LogP contribution in [0.2, 0.25) is 0 Å². The first kappa shape index (κ1) is 15.0. The van der Waals surface area contributed by atoms with Crippen LogP contribution in [-0.4, -0.2) is 4.21 Å². The fraction of sp³-hybridized carbons (Fsp3) is 0.333. The van der Waals surface area contributed by atoms with Crippen LogP contribution in [0.15, 0.2) is 34.1 Å². The van der Waals surface area contributed by atoms with Gasteiger partial charge in [0.05, 0.1) is 10.8 Å². The minimum atomic E-state index is -1.10. The molecule has 0 aromatic heterocycles. The Hall–Kier alpha value is -1.41. The highest BCUT2D eigenvalue weighted by molar-refractivity contribution is 7.85. The first-order chi connectivity index (χ1) is 9.31. The van der Waals surface area contributed by atoms with Gasteiger partial charge in [-0.15, -0.1) is 0 Å². The van der Waals surface area contributed by atoms with Crippen LogP contribution in [0.25, 0.3) is 0 Å². The summed E-state index contributed by atoms with van der Waals surface area (Å²) in [6.45, 7) is 12.5. The lowest BCUT2D eigenvalue weighted by Gasteiger charge is -2.11. The van der Waals surface area contributed by atoms with Crippen molar-refractivity contribution in [3.05, 3.63) is 57.6 Å². The lowest BCUT2D eigenvalue weighted by atomic mass is 10.1. The fourth-order valence-electron chi connectivity index (χ4n) is 2.34. The maximum Gasteiger partial charge on any atom is 0.0849 e. The summed E-state index contributed by atoms with van der Waals surface area (Å²) in [5.74, 6) is 0. The Morgan fingerprint density at radius 2 is 0.850 bits per heavy atom. The van der Waals surface area contributed by atoms with Crippen molar-refractivity contribution < 1.29 is 4.21 Å². The molecule has 2 aromatic rings. The number of aryl methyl sites for hydroxylation is 4. The normalized spacial score (nSPS) is 11.2. The predicted octanol–water partition coefficient (Wildman–Crippen LogP) is 4.70. The van der Waals surface area contributed by atoms with Crippen molar-refractivity contribution in [2.75, 3.05) is 0 Å². The zero-order valence-electron chi connectivity index (χ0n) is 13.1. The molecule has 1 nitrogen and oxygen atoms in total. The second-order valence-corrected chi connectivity index (χ2v) is 7.11. The van der Waals surface area contributed by atoms with Gasteiger partial charge in [0.2, 0.25) is 0 Å². The van der Waals surface area contributed by atoms with E-state index in [1.807, 2.05) is 24.3 Å². The maximum absolute atomic E-state index is 12.8. The monoisotopic (exact) mass is 286 g/mol. The van der Waals surface area contributed by atoms with Gasteiger partial charge in [0.25, 0.3) is 0 Å².